The Morgan fingerprint density at radius 2 is 1.82 bits per heavy atom. The van der Waals surface area contributed by atoms with Gasteiger partial charge in [-0.2, -0.15) is 10.1 Å². The number of hydrogen-bond donors (Lipinski definition) is 0. The normalized spacial score (nSPS) is 11.6. The lowest BCUT2D eigenvalue weighted by Gasteiger charge is -2.08. The van der Waals surface area contributed by atoms with Crippen LogP contribution in [0.2, 0.25) is 0 Å². The zero-order chi connectivity index (χ0) is 19.7. The Hall–Kier alpha value is -3.22. The average molecular weight is 376 g/mol. The molecule has 0 aliphatic rings. The van der Waals surface area contributed by atoms with E-state index in [1.807, 2.05) is 49.3 Å². The topological polar surface area (TPSA) is 74.6 Å². The lowest BCUT2D eigenvalue weighted by molar-refractivity contribution is 0.360. The van der Waals surface area contributed by atoms with E-state index in [0.717, 1.165) is 22.5 Å². The van der Waals surface area contributed by atoms with Crippen molar-refractivity contribution in [2.45, 2.75) is 46.2 Å². The smallest absolute Gasteiger partial charge is 0.229 e. The molecule has 0 fully saturated rings. The van der Waals surface area contributed by atoms with E-state index in [2.05, 4.69) is 52.0 Å². The molecule has 0 N–H and O–H groups in total. The third-order valence-corrected chi connectivity index (χ3v) is 4.58. The predicted octanol–water partition coefficient (Wildman–Crippen LogP) is 4.55. The molecule has 0 aliphatic carbocycles. The Kier molecular flexibility index (Phi) is 4.81. The van der Waals surface area contributed by atoms with E-state index < -0.39 is 0 Å². The van der Waals surface area contributed by atoms with Crippen LogP contribution in [0.4, 0.5) is 0 Å². The summed E-state index contributed by atoms with van der Waals surface area (Å²) in [5, 5.41) is 8.64. The van der Waals surface area contributed by atoms with E-state index in [4.69, 9.17) is 9.51 Å². The van der Waals surface area contributed by atoms with Crippen LogP contribution in [0, 0.1) is 0 Å². The molecule has 7 heteroatoms. The predicted molar refractivity (Wildman–Crippen MR) is 107 cm³/mol. The number of rotatable bonds is 6. The zero-order valence-electron chi connectivity index (χ0n) is 16.6. The van der Waals surface area contributed by atoms with Gasteiger partial charge in [0, 0.05) is 29.3 Å². The first-order chi connectivity index (χ1) is 13.5. The van der Waals surface area contributed by atoms with E-state index in [1.54, 1.807) is 0 Å². The van der Waals surface area contributed by atoms with Crippen molar-refractivity contribution >= 4 is 0 Å². The van der Waals surface area contributed by atoms with Gasteiger partial charge in [-0.15, -0.1) is 0 Å². The first-order valence-corrected chi connectivity index (χ1v) is 9.50. The fraction of sp³-hybridized carbons (Fsp3) is 0.333. The van der Waals surface area contributed by atoms with Crippen LogP contribution in [0.25, 0.3) is 22.5 Å². The van der Waals surface area contributed by atoms with Crippen LogP contribution in [0.5, 0.6) is 0 Å². The molecule has 0 atom stereocenters. The Labute approximate surface area is 164 Å². The number of nitrogens with zero attached hydrogens (tertiary/aromatic N) is 6. The minimum Gasteiger partial charge on any atom is -0.339 e. The van der Waals surface area contributed by atoms with Gasteiger partial charge in [0.1, 0.15) is 0 Å². The maximum absolute atomic E-state index is 5.36. The van der Waals surface area contributed by atoms with Gasteiger partial charge in [0.15, 0.2) is 5.82 Å². The van der Waals surface area contributed by atoms with Gasteiger partial charge in [0.05, 0.1) is 30.5 Å². The van der Waals surface area contributed by atoms with E-state index >= 15 is 0 Å². The molecule has 4 aromatic rings. The molecule has 0 aliphatic heterocycles. The number of aromatic nitrogens is 6. The van der Waals surface area contributed by atoms with Gasteiger partial charge < -0.3 is 9.09 Å². The maximum Gasteiger partial charge on any atom is 0.229 e. The van der Waals surface area contributed by atoms with Crippen LogP contribution in [0.3, 0.4) is 0 Å². The Morgan fingerprint density at radius 3 is 2.46 bits per heavy atom. The fourth-order valence-corrected chi connectivity index (χ4v) is 3.07. The molecule has 0 saturated heterocycles. The SMILES string of the molecule is CC(C)c1nc(Cn2cnc(-c3ccccc3)c2-c2cnn(C(C)C)c2)no1. The largest absolute Gasteiger partial charge is 0.339 e. The molecule has 0 saturated carbocycles. The average Bonchev–Trinajstić information content (AvgIpc) is 3.42. The molecule has 7 nitrogen and oxygen atoms in total. The van der Waals surface area contributed by atoms with Crippen LogP contribution >= 0.6 is 0 Å². The molecule has 0 bridgehead atoms. The maximum atomic E-state index is 5.36. The first-order valence-electron chi connectivity index (χ1n) is 9.50. The van der Waals surface area contributed by atoms with Gasteiger partial charge in [0.2, 0.25) is 5.89 Å². The summed E-state index contributed by atoms with van der Waals surface area (Å²) in [5.74, 6) is 1.48. The number of benzene rings is 1. The molecule has 1 aromatic carbocycles. The van der Waals surface area contributed by atoms with Crippen molar-refractivity contribution in [1.82, 2.24) is 29.5 Å². The third-order valence-electron chi connectivity index (χ3n) is 4.58. The van der Waals surface area contributed by atoms with Crippen molar-refractivity contribution in [1.29, 1.82) is 0 Å². The number of hydrogen-bond acceptors (Lipinski definition) is 5. The third kappa shape index (κ3) is 3.47. The zero-order valence-corrected chi connectivity index (χ0v) is 16.6. The molecule has 28 heavy (non-hydrogen) atoms. The van der Waals surface area contributed by atoms with E-state index in [9.17, 15) is 0 Å². The summed E-state index contributed by atoms with van der Waals surface area (Å²) in [4.78, 5) is 9.20. The highest BCUT2D eigenvalue weighted by Crippen LogP contribution is 2.31. The van der Waals surface area contributed by atoms with Crippen LogP contribution in [-0.2, 0) is 6.54 Å². The second-order valence-electron chi connectivity index (χ2n) is 7.44. The van der Waals surface area contributed by atoms with Gasteiger partial charge >= 0.3 is 0 Å². The second kappa shape index (κ2) is 7.42. The summed E-state index contributed by atoms with van der Waals surface area (Å²) < 4.78 is 9.37. The molecular formula is C21H24N6O. The molecule has 0 radical (unpaired) electrons. The molecule has 4 rings (SSSR count). The highest BCUT2D eigenvalue weighted by molar-refractivity contribution is 5.78. The van der Waals surface area contributed by atoms with Crippen LogP contribution in [0.1, 0.15) is 51.4 Å². The quantitative estimate of drug-likeness (QED) is 0.493. The summed E-state index contributed by atoms with van der Waals surface area (Å²) in [5.41, 5.74) is 3.98. The van der Waals surface area contributed by atoms with Gasteiger partial charge in [-0.3, -0.25) is 4.68 Å². The lowest BCUT2D eigenvalue weighted by Crippen LogP contribution is -2.03. The minimum atomic E-state index is 0.202. The summed E-state index contributed by atoms with van der Waals surface area (Å²) in [6.45, 7) is 8.78. The molecule has 3 heterocycles. The second-order valence-corrected chi connectivity index (χ2v) is 7.44. The molecule has 0 spiro atoms. The van der Waals surface area contributed by atoms with Gasteiger partial charge in [-0.1, -0.05) is 49.3 Å². The Bertz CT molecular complexity index is 1060. The summed E-state index contributed by atoms with van der Waals surface area (Å²) >= 11 is 0. The van der Waals surface area contributed by atoms with Gasteiger partial charge in [-0.05, 0) is 13.8 Å². The van der Waals surface area contributed by atoms with Gasteiger partial charge in [0.25, 0.3) is 0 Å². The van der Waals surface area contributed by atoms with Crippen molar-refractivity contribution < 1.29 is 4.52 Å². The van der Waals surface area contributed by atoms with Crippen molar-refractivity contribution in [3.8, 4) is 22.5 Å². The number of imidazole rings is 1. The molecule has 0 amide bonds. The van der Waals surface area contributed by atoms with Crippen molar-refractivity contribution in [2.24, 2.45) is 0 Å². The van der Waals surface area contributed by atoms with Crippen molar-refractivity contribution in [2.75, 3.05) is 0 Å². The molecule has 0 unspecified atom stereocenters. The summed E-state index contributed by atoms with van der Waals surface area (Å²) in [7, 11) is 0. The molecule has 3 aromatic heterocycles. The van der Waals surface area contributed by atoms with Crippen LogP contribution < -0.4 is 0 Å². The van der Waals surface area contributed by atoms with Crippen LogP contribution in [-0.4, -0.2) is 29.5 Å². The van der Waals surface area contributed by atoms with E-state index in [0.29, 0.717) is 18.3 Å². The highest BCUT2D eigenvalue weighted by Gasteiger charge is 2.19. The van der Waals surface area contributed by atoms with Gasteiger partial charge in [-0.25, -0.2) is 4.98 Å². The van der Waals surface area contributed by atoms with Crippen molar-refractivity contribution in [3.63, 3.8) is 0 Å². The van der Waals surface area contributed by atoms with Crippen LogP contribution in [0.15, 0.2) is 53.6 Å². The van der Waals surface area contributed by atoms with E-state index in [-0.39, 0.29) is 12.0 Å². The monoisotopic (exact) mass is 376 g/mol. The molecule has 144 valence electrons. The minimum absolute atomic E-state index is 0.202. The first kappa shape index (κ1) is 18.2. The Balaban J connectivity index is 1.78. The standard InChI is InChI=1S/C21H24N6O/c1-14(2)21-24-18(25-28-21)12-26-13-22-19(16-8-6-5-7-9-16)20(26)17-10-23-27(11-17)15(3)4/h5-11,13-15H,12H2,1-4H3. The van der Waals surface area contributed by atoms with Crippen molar-refractivity contribution in [3.05, 3.63) is 60.8 Å². The summed E-state index contributed by atoms with van der Waals surface area (Å²) in [6, 6.07) is 10.5. The fourth-order valence-electron chi connectivity index (χ4n) is 3.07. The molecular weight excluding hydrogens is 352 g/mol. The Morgan fingerprint density at radius 1 is 1.04 bits per heavy atom. The summed E-state index contributed by atoms with van der Waals surface area (Å²) in [6.07, 6.45) is 5.77. The lowest BCUT2D eigenvalue weighted by atomic mass is 10.1. The highest BCUT2D eigenvalue weighted by atomic mass is 16.5. The van der Waals surface area contributed by atoms with E-state index in [1.165, 1.54) is 0 Å².